The molecule has 172 valence electrons. The standard InChI is InChI=1S/C26H27N7O/c1-4-32(5-2)22-9-6-8-20(16-22)25(34)31-21-11-10-19(3)23(17-21)33(24-18-27-14-15-28-24)26-29-12-7-13-30-26/h6-18H,4-5H2,1-3H3,(H,31,34). The zero-order valence-electron chi connectivity index (χ0n) is 19.5. The molecule has 0 fully saturated rings. The minimum absolute atomic E-state index is 0.175. The molecule has 0 spiro atoms. The normalized spacial score (nSPS) is 10.6. The number of rotatable bonds is 8. The van der Waals surface area contributed by atoms with Crippen molar-refractivity contribution in [1.82, 2.24) is 19.9 Å². The molecule has 0 aliphatic heterocycles. The number of carbonyl (C=O) groups is 1. The highest BCUT2D eigenvalue weighted by atomic mass is 16.1. The fraction of sp³-hybridized carbons (Fsp3) is 0.192. The molecule has 34 heavy (non-hydrogen) atoms. The summed E-state index contributed by atoms with van der Waals surface area (Å²) in [5, 5.41) is 3.02. The maximum Gasteiger partial charge on any atom is 0.255 e. The van der Waals surface area contributed by atoms with Gasteiger partial charge in [0, 0.05) is 54.8 Å². The Bertz CT molecular complexity index is 1200. The van der Waals surface area contributed by atoms with Gasteiger partial charge in [-0.05, 0) is 62.7 Å². The highest BCUT2D eigenvalue weighted by molar-refractivity contribution is 6.05. The first-order valence-corrected chi connectivity index (χ1v) is 11.2. The lowest BCUT2D eigenvalue weighted by Crippen LogP contribution is -2.22. The minimum Gasteiger partial charge on any atom is -0.372 e. The van der Waals surface area contributed by atoms with Gasteiger partial charge < -0.3 is 10.2 Å². The first-order valence-electron chi connectivity index (χ1n) is 11.2. The summed E-state index contributed by atoms with van der Waals surface area (Å²) in [5.74, 6) is 0.861. The minimum atomic E-state index is -0.175. The van der Waals surface area contributed by atoms with Crippen molar-refractivity contribution in [1.29, 1.82) is 0 Å². The van der Waals surface area contributed by atoms with Crippen molar-refractivity contribution in [2.75, 3.05) is 28.2 Å². The van der Waals surface area contributed by atoms with Gasteiger partial charge in [0.1, 0.15) is 0 Å². The molecule has 8 nitrogen and oxygen atoms in total. The second-order valence-corrected chi connectivity index (χ2v) is 7.63. The third-order valence-electron chi connectivity index (χ3n) is 5.48. The molecule has 0 radical (unpaired) electrons. The number of nitrogens with one attached hydrogen (secondary N) is 1. The summed E-state index contributed by atoms with van der Waals surface area (Å²) in [6.07, 6.45) is 8.24. The van der Waals surface area contributed by atoms with Crippen LogP contribution in [0.5, 0.6) is 0 Å². The van der Waals surface area contributed by atoms with E-state index >= 15 is 0 Å². The fourth-order valence-electron chi connectivity index (χ4n) is 3.71. The van der Waals surface area contributed by atoms with E-state index in [-0.39, 0.29) is 5.91 Å². The van der Waals surface area contributed by atoms with Gasteiger partial charge in [-0.1, -0.05) is 12.1 Å². The van der Waals surface area contributed by atoms with Crippen LogP contribution in [0.15, 0.2) is 79.5 Å². The van der Waals surface area contributed by atoms with Gasteiger partial charge in [0.2, 0.25) is 5.95 Å². The van der Waals surface area contributed by atoms with Crippen LogP contribution in [0.3, 0.4) is 0 Å². The van der Waals surface area contributed by atoms with Crippen molar-refractivity contribution in [2.24, 2.45) is 0 Å². The maximum atomic E-state index is 13.1. The molecule has 4 rings (SSSR count). The Morgan fingerprint density at radius 1 is 0.912 bits per heavy atom. The van der Waals surface area contributed by atoms with Crippen LogP contribution in [0.1, 0.15) is 29.8 Å². The van der Waals surface area contributed by atoms with Crippen molar-refractivity contribution in [2.45, 2.75) is 20.8 Å². The van der Waals surface area contributed by atoms with Gasteiger partial charge >= 0.3 is 0 Å². The summed E-state index contributed by atoms with van der Waals surface area (Å²) in [6.45, 7) is 7.94. The van der Waals surface area contributed by atoms with Crippen molar-refractivity contribution in [3.8, 4) is 0 Å². The van der Waals surface area contributed by atoms with Gasteiger partial charge in [-0.2, -0.15) is 0 Å². The molecule has 2 aromatic heterocycles. The molecular formula is C26H27N7O. The largest absolute Gasteiger partial charge is 0.372 e. The van der Waals surface area contributed by atoms with Crippen LogP contribution in [0.25, 0.3) is 0 Å². The highest BCUT2D eigenvalue weighted by Crippen LogP contribution is 2.34. The van der Waals surface area contributed by atoms with E-state index in [1.165, 1.54) is 0 Å². The number of hydrogen-bond donors (Lipinski definition) is 1. The molecule has 2 heterocycles. The van der Waals surface area contributed by atoms with Gasteiger partial charge in [0.25, 0.3) is 5.91 Å². The average molecular weight is 454 g/mol. The van der Waals surface area contributed by atoms with Crippen molar-refractivity contribution < 1.29 is 4.79 Å². The number of anilines is 5. The van der Waals surface area contributed by atoms with Crippen LogP contribution in [0.2, 0.25) is 0 Å². The molecule has 1 N–H and O–H groups in total. The van der Waals surface area contributed by atoms with Gasteiger partial charge in [-0.3, -0.25) is 14.7 Å². The molecule has 8 heteroatoms. The van der Waals surface area contributed by atoms with E-state index in [0.29, 0.717) is 23.0 Å². The number of nitrogens with zero attached hydrogens (tertiary/aromatic N) is 6. The number of aromatic nitrogens is 4. The smallest absolute Gasteiger partial charge is 0.255 e. The average Bonchev–Trinajstić information content (AvgIpc) is 2.88. The zero-order chi connectivity index (χ0) is 23.9. The molecule has 0 saturated heterocycles. The van der Waals surface area contributed by atoms with Crippen molar-refractivity contribution >= 4 is 34.7 Å². The Hall–Kier alpha value is -4.33. The van der Waals surface area contributed by atoms with Crippen LogP contribution in [0.4, 0.5) is 28.8 Å². The Morgan fingerprint density at radius 3 is 2.41 bits per heavy atom. The Kier molecular flexibility index (Phi) is 7.07. The SMILES string of the molecule is CCN(CC)c1cccc(C(=O)Nc2ccc(C)c(N(c3cnccn3)c3ncccn3)c2)c1. The molecule has 4 aromatic rings. The van der Waals surface area contributed by atoms with E-state index < -0.39 is 0 Å². The molecule has 2 aromatic carbocycles. The summed E-state index contributed by atoms with van der Waals surface area (Å²) in [6, 6.07) is 15.1. The third-order valence-corrected chi connectivity index (χ3v) is 5.48. The summed E-state index contributed by atoms with van der Waals surface area (Å²) in [5.41, 5.74) is 4.05. The fourth-order valence-corrected chi connectivity index (χ4v) is 3.71. The quantitative estimate of drug-likeness (QED) is 0.395. The molecule has 1 amide bonds. The molecule has 0 saturated carbocycles. The Balaban J connectivity index is 1.67. The number of aryl methyl sites for hydroxylation is 1. The second-order valence-electron chi connectivity index (χ2n) is 7.63. The lowest BCUT2D eigenvalue weighted by atomic mass is 10.1. The van der Waals surface area contributed by atoms with E-state index in [9.17, 15) is 4.79 Å². The van der Waals surface area contributed by atoms with Gasteiger partial charge in [0.05, 0.1) is 11.9 Å². The molecule has 0 unspecified atom stereocenters. The van der Waals surface area contributed by atoms with Crippen LogP contribution in [-0.4, -0.2) is 38.9 Å². The predicted molar refractivity (Wildman–Crippen MR) is 135 cm³/mol. The van der Waals surface area contributed by atoms with Crippen molar-refractivity contribution in [3.05, 3.63) is 90.6 Å². The predicted octanol–water partition coefficient (Wildman–Crippen LogP) is 5.14. The summed E-state index contributed by atoms with van der Waals surface area (Å²) < 4.78 is 0. The first-order chi connectivity index (χ1) is 16.6. The monoisotopic (exact) mass is 453 g/mol. The van der Waals surface area contributed by atoms with E-state index in [1.54, 1.807) is 37.1 Å². The molecule has 0 atom stereocenters. The maximum absolute atomic E-state index is 13.1. The van der Waals surface area contributed by atoms with Gasteiger partial charge in [-0.15, -0.1) is 0 Å². The van der Waals surface area contributed by atoms with Crippen molar-refractivity contribution in [3.63, 3.8) is 0 Å². The highest BCUT2D eigenvalue weighted by Gasteiger charge is 2.19. The van der Waals surface area contributed by atoms with Gasteiger partial charge in [-0.25, -0.2) is 15.0 Å². The lowest BCUT2D eigenvalue weighted by molar-refractivity contribution is 0.102. The topological polar surface area (TPSA) is 87.1 Å². The van der Waals surface area contributed by atoms with E-state index in [4.69, 9.17) is 0 Å². The summed E-state index contributed by atoms with van der Waals surface area (Å²) in [4.78, 5) is 34.6. The van der Waals surface area contributed by atoms with Crippen LogP contribution >= 0.6 is 0 Å². The number of carbonyl (C=O) groups excluding carboxylic acids is 1. The van der Waals surface area contributed by atoms with Gasteiger partial charge in [0.15, 0.2) is 5.82 Å². The second kappa shape index (κ2) is 10.5. The van der Waals surface area contributed by atoms with E-state index in [0.717, 1.165) is 30.0 Å². The summed E-state index contributed by atoms with van der Waals surface area (Å²) >= 11 is 0. The Labute approximate surface area is 199 Å². The molecule has 0 aliphatic carbocycles. The lowest BCUT2D eigenvalue weighted by Gasteiger charge is -2.24. The van der Waals surface area contributed by atoms with E-state index in [2.05, 4.69) is 44.0 Å². The Morgan fingerprint density at radius 2 is 1.71 bits per heavy atom. The summed E-state index contributed by atoms with van der Waals surface area (Å²) in [7, 11) is 0. The third kappa shape index (κ3) is 5.01. The van der Waals surface area contributed by atoms with Crippen LogP contribution in [-0.2, 0) is 0 Å². The first kappa shape index (κ1) is 22.8. The van der Waals surface area contributed by atoms with E-state index in [1.807, 2.05) is 54.3 Å². The molecule has 0 aliphatic rings. The number of hydrogen-bond acceptors (Lipinski definition) is 7. The number of benzene rings is 2. The number of amides is 1. The van der Waals surface area contributed by atoms with Crippen LogP contribution < -0.4 is 15.1 Å². The van der Waals surface area contributed by atoms with Crippen LogP contribution in [0, 0.1) is 6.92 Å². The molecule has 0 bridgehead atoms. The zero-order valence-corrected chi connectivity index (χ0v) is 19.5. The molecular weight excluding hydrogens is 426 g/mol.